The summed E-state index contributed by atoms with van der Waals surface area (Å²) in [6.07, 6.45) is 1.25. The van der Waals surface area contributed by atoms with Crippen molar-refractivity contribution in [3.05, 3.63) is 35.4 Å². The minimum Gasteiger partial charge on any atom is -0.464 e. The first-order chi connectivity index (χ1) is 10.5. The van der Waals surface area contributed by atoms with E-state index < -0.39 is 12.0 Å². The van der Waals surface area contributed by atoms with Gasteiger partial charge in [0, 0.05) is 5.56 Å². The number of nitrogens with one attached hydrogen (secondary N) is 1. The van der Waals surface area contributed by atoms with E-state index in [2.05, 4.69) is 19.2 Å². The summed E-state index contributed by atoms with van der Waals surface area (Å²) < 4.78 is 4.81. The number of hydrogen-bond acceptors (Lipinski definition) is 3. The largest absolute Gasteiger partial charge is 0.464 e. The van der Waals surface area contributed by atoms with E-state index in [0.29, 0.717) is 12.2 Å². The van der Waals surface area contributed by atoms with E-state index in [0.717, 1.165) is 5.56 Å². The van der Waals surface area contributed by atoms with Crippen molar-refractivity contribution in [3.8, 4) is 0 Å². The number of carbonyl (C=O) groups excluding carboxylic acids is 2. The number of esters is 1. The number of rotatable bonds is 4. The normalized spacial score (nSPS) is 10.1. The lowest BCUT2D eigenvalue weighted by molar-refractivity contribution is -0.144. The highest BCUT2D eigenvalue weighted by Gasteiger charge is 2.17. The summed E-state index contributed by atoms with van der Waals surface area (Å²) in [7, 11) is 0. The molecule has 1 unspecified atom stereocenters. The van der Waals surface area contributed by atoms with Gasteiger partial charge in [-0.15, -0.1) is 0 Å². The van der Waals surface area contributed by atoms with Crippen LogP contribution in [0.25, 0.3) is 0 Å². The van der Waals surface area contributed by atoms with Crippen LogP contribution in [0.3, 0.4) is 0 Å². The van der Waals surface area contributed by atoms with Gasteiger partial charge in [0.2, 0.25) is 0 Å². The van der Waals surface area contributed by atoms with Crippen LogP contribution in [-0.2, 0) is 9.53 Å². The van der Waals surface area contributed by atoms with Crippen LogP contribution in [-0.4, -0.2) is 24.5 Å². The molecule has 0 spiro atoms. The number of ether oxygens (including phenoxy) is 1. The molecule has 0 saturated carbocycles. The van der Waals surface area contributed by atoms with E-state index in [1.807, 2.05) is 32.9 Å². The zero-order valence-electron chi connectivity index (χ0n) is 15.0. The predicted octanol–water partition coefficient (Wildman–Crippen LogP) is 4.12. The molecule has 4 heteroatoms. The zero-order valence-corrected chi connectivity index (χ0v) is 15.0. The first-order valence-corrected chi connectivity index (χ1v) is 8.00. The first kappa shape index (κ1) is 22.4. The number of carbonyl (C=O) groups is 2. The molecule has 0 aromatic heterocycles. The average Bonchev–Trinajstić information content (AvgIpc) is 2.51. The van der Waals surface area contributed by atoms with Crippen LogP contribution < -0.4 is 5.32 Å². The van der Waals surface area contributed by atoms with Crippen molar-refractivity contribution in [2.75, 3.05) is 6.61 Å². The van der Waals surface area contributed by atoms with E-state index in [9.17, 15) is 9.59 Å². The Bertz CT molecular complexity index is 413. The molecule has 1 aromatic carbocycles. The maximum absolute atomic E-state index is 11.8. The highest BCUT2D eigenvalue weighted by atomic mass is 16.5. The lowest BCUT2D eigenvalue weighted by Crippen LogP contribution is -2.39. The van der Waals surface area contributed by atoms with Crippen molar-refractivity contribution in [2.24, 2.45) is 0 Å². The Morgan fingerprint density at radius 1 is 1.09 bits per heavy atom. The van der Waals surface area contributed by atoms with E-state index in [1.165, 1.54) is 6.42 Å². The van der Waals surface area contributed by atoms with Gasteiger partial charge in [-0.05, 0) is 32.9 Å². The van der Waals surface area contributed by atoms with Gasteiger partial charge >= 0.3 is 5.97 Å². The lowest BCUT2D eigenvalue weighted by Gasteiger charge is -2.12. The topological polar surface area (TPSA) is 55.4 Å². The monoisotopic (exact) mass is 309 g/mol. The summed E-state index contributed by atoms with van der Waals surface area (Å²) in [5, 5.41) is 2.59. The van der Waals surface area contributed by atoms with Crippen molar-refractivity contribution in [2.45, 2.75) is 60.9 Å². The van der Waals surface area contributed by atoms with Crippen LogP contribution in [0.4, 0.5) is 0 Å². The molecule has 0 bridgehead atoms. The minimum atomic E-state index is -0.635. The van der Waals surface area contributed by atoms with Crippen LogP contribution >= 0.6 is 0 Å². The molecule has 1 atom stereocenters. The number of aryl methyl sites for hydroxylation is 1. The van der Waals surface area contributed by atoms with Crippen molar-refractivity contribution < 1.29 is 14.3 Å². The molecule has 1 aromatic rings. The van der Waals surface area contributed by atoms with Gasteiger partial charge in [-0.1, -0.05) is 51.8 Å². The molecule has 0 aliphatic carbocycles. The summed E-state index contributed by atoms with van der Waals surface area (Å²) in [4.78, 5) is 23.1. The summed E-state index contributed by atoms with van der Waals surface area (Å²) in [6, 6.07) is 6.52. The van der Waals surface area contributed by atoms with Gasteiger partial charge in [0.05, 0.1) is 6.61 Å². The second kappa shape index (κ2) is 14.1. The standard InChI is InChI=1S/C13H17NO3.C3H8.C2H6/c1-4-17-13(16)10(3)14-12(15)11-7-5-9(2)6-8-11;1-3-2;1-2/h5-8,10H,4H2,1-3H3,(H,14,15);3H2,1-2H3;1-2H3. The van der Waals surface area contributed by atoms with Crippen LogP contribution in [0.2, 0.25) is 0 Å². The Morgan fingerprint density at radius 3 is 1.95 bits per heavy atom. The second-order valence-electron chi connectivity index (χ2n) is 4.52. The fraction of sp³-hybridized carbons (Fsp3) is 0.556. The third-order valence-electron chi connectivity index (χ3n) is 2.30. The maximum Gasteiger partial charge on any atom is 0.328 e. The molecule has 0 radical (unpaired) electrons. The maximum atomic E-state index is 11.8. The second-order valence-corrected chi connectivity index (χ2v) is 4.52. The predicted molar refractivity (Wildman–Crippen MR) is 92.1 cm³/mol. The molecule has 0 saturated heterocycles. The van der Waals surface area contributed by atoms with E-state index >= 15 is 0 Å². The smallest absolute Gasteiger partial charge is 0.328 e. The first-order valence-electron chi connectivity index (χ1n) is 8.00. The lowest BCUT2D eigenvalue weighted by atomic mass is 10.1. The fourth-order valence-electron chi connectivity index (χ4n) is 1.31. The van der Waals surface area contributed by atoms with Crippen LogP contribution in [0.1, 0.15) is 63.9 Å². The van der Waals surface area contributed by atoms with Gasteiger partial charge in [0.1, 0.15) is 6.04 Å². The third-order valence-corrected chi connectivity index (χ3v) is 2.30. The SMILES string of the molecule is CC.CCC.CCOC(=O)C(C)NC(=O)c1ccc(C)cc1. The van der Waals surface area contributed by atoms with E-state index in [4.69, 9.17) is 4.74 Å². The Balaban J connectivity index is 0. The van der Waals surface area contributed by atoms with Crippen molar-refractivity contribution in [3.63, 3.8) is 0 Å². The third kappa shape index (κ3) is 9.97. The minimum absolute atomic E-state index is 0.273. The molecule has 22 heavy (non-hydrogen) atoms. The van der Waals surface area contributed by atoms with Gasteiger partial charge in [0.25, 0.3) is 5.91 Å². The molecule has 1 N–H and O–H groups in total. The van der Waals surface area contributed by atoms with Crippen molar-refractivity contribution in [1.29, 1.82) is 0 Å². The Labute approximate surface area is 135 Å². The molecule has 0 aliphatic heterocycles. The summed E-state index contributed by atoms with van der Waals surface area (Å²) in [5.74, 6) is -0.696. The number of amides is 1. The van der Waals surface area contributed by atoms with Gasteiger partial charge in [-0.25, -0.2) is 4.79 Å². The molecule has 1 rings (SSSR count). The Kier molecular flexibility index (Phi) is 14.4. The van der Waals surface area contributed by atoms with E-state index in [-0.39, 0.29) is 5.91 Å². The average molecular weight is 309 g/mol. The Morgan fingerprint density at radius 2 is 1.55 bits per heavy atom. The van der Waals surface area contributed by atoms with Crippen LogP contribution in [0.15, 0.2) is 24.3 Å². The highest BCUT2D eigenvalue weighted by Crippen LogP contribution is 2.03. The molecular formula is C18H31NO3. The van der Waals surface area contributed by atoms with Crippen molar-refractivity contribution >= 4 is 11.9 Å². The molecule has 0 aliphatic rings. The molecule has 0 heterocycles. The van der Waals surface area contributed by atoms with E-state index in [1.54, 1.807) is 26.0 Å². The van der Waals surface area contributed by atoms with Gasteiger partial charge in [0.15, 0.2) is 0 Å². The Hall–Kier alpha value is -1.84. The number of benzene rings is 1. The number of hydrogen-bond donors (Lipinski definition) is 1. The highest BCUT2D eigenvalue weighted by molar-refractivity contribution is 5.96. The van der Waals surface area contributed by atoms with Gasteiger partial charge in [-0.2, -0.15) is 0 Å². The summed E-state index contributed by atoms with van der Waals surface area (Å²) >= 11 is 0. The fourth-order valence-corrected chi connectivity index (χ4v) is 1.31. The zero-order chi connectivity index (χ0) is 17.5. The van der Waals surface area contributed by atoms with Crippen molar-refractivity contribution in [1.82, 2.24) is 5.32 Å². The van der Waals surface area contributed by atoms with Gasteiger partial charge < -0.3 is 10.1 Å². The summed E-state index contributed by atoms with van der Waals surface area (Å²) in [6.45, 7) is 13.8. The summed E-state index contributed by atoms with van der Waals surface area (Å²) in [5.41, 5.74) is 1.62. The molecule has 0 fully saturated rings. The quantitative estimate of drug-likeness (QED) is 0.851. The van der Waals surface area contributed by atoms with Crippen LogP contribution in [0.5, 0.6) is 0 Å². The molecular weight excluding hydrogens is 278 g/mol. The molecule has 4 nitrogen and oxygen atoms in total. The molecule has 126 valence electrons. The molecule has 1 amide bonds. The van der Waals surface area contributed by atoms with Gasteiger partial charge in [-0.3, -0.25) is 4.79 Å². The van der Waals surface area contributed by atoms with Crippen LogP contribution in [0, 0.1) is 6.92 Å².